The lowest BCUT2D eigenvalue weighted by atomic mass is 9.81. The van der Waals surface area contributed by atoms with Crippen LogP contribution in [0.15, 0.2) is 42.5 Å². The molecule has 33 heavy (non-hydrogen) atoms. The maximum atomic E-state index is 12.9. The zero-order chi connectivity index (χ0) is 23.0. The van der Waals surface area contributed by atoms with Crippen molar-refractivity contribution in [1.82, 2.24) is 9.31 Å². The number of piperidine rings is 1. The number of hydrazine groups is 1. The van der Waals surface area contributed by atoms with E-state index in [-0.39, 0.29) is 12.1 Å². The van der Waals surface area contributed by atoms with Gasteiger partial charge in [0.15, 0.2) is 0 Å². The molecule has 0 spiro atoms. The summed E-state index contributed by atoms with van der Waals surface area (Å²) >= 11 is 0. The van der Waals surface area contributed by atoms with Gasteiger partial charge in [-0.3, -0.25) is 10.6 Å². The van der Waals surface area contributed by atoms with Crippen molar-refractivity contribution in [3.63, 3.8) is 0 Å². The van der Waals surface area contributed by atoms with Crippen molar-refractivity contribution in [1.29, 1.82) is 0 Å². The summed E-state index contributed by atoms with van der Waals surface area (Å²) < 4.78 is 36.4. The maximum absolute atomic E-state index is 12.9. The fourth-order valence-corrected chi connectivity index (χ4v) is 6.96. The third-order valence-corrected chi connectivity index (χ3v) is 8.68. The molecule has 2 aromatic rings. The first-order chi connectivity index (χ1) is 15.9. The summed E-state index contributed by atoms with van der Waals surface area (Å²) in [6.45, 7) is 4.10. The average molecular weight is 471 g/mol. The van der Waals surface area contributed by atoms with Crippen LogP contribution in [-0.2, 0) is 23.1 Å². The molecule has 7 nitrogen and oxygen atoms in total. The van der Waals surface area contributed by atoms with E-state index in [1.807, 2.05) is 23.2 Å². The zero-order valence-electron chi connectivity index (χ0n) is 19.2. The van der Waals surface area contributed by atoms with Gasteiger partial charge < -0.3 is 4.74 Å². The van der Waals surface area contributed by atoms with Crippen molar-refractivity contribution in [2.75, 3.05) is 24.4 Å². The Bertz CT molecular complexity index is 1090. The molecule has 3 N–H and O–H groups in total. The van der Waals surface area contributed by atoms with Gasteiger partial charge in [-0.15, -0.1) is 0 Å². The molecule has 3 aliphatic heterocycles. The smallest absolute Gasteiger partial charge is 0.301 e. The number of ether oxygens (including phenoxy) is 1. The van der Waals surface area contributed by atoms with Crippen LogP contribution in [0.3, 0.4) is 0 Å². The first kappa shape index (κ1) is 22.7. The molecule has 5 rings (SSSR count). The maximum Gasteiger partial charge on any atom is 0.301 e. The number of anilines is 1. The molecule has 2 aromatic carbocycles. The minimum Gasteiger partial charge on any atom is -0.490 e. The second kappa shape index (κ2) is 9.25. The van der Waals surface area contributed by atoms with E-state index in [1.54, 1.807) is 0 Å². The molecular formula is C25H34N4O3S. The lowest BCUT2D eigenvalue weighted by Crippen LogP contribution is -2.44. The van der Waals surface area contributed by atoms with Crippen LogP contribution in [0, 0.1) is 5.92 Å². The molecule has 0 aliphatic carbocycles. The summed E-state index contributed by atoms with van der Waals surface area (Å²) in [4.78, 5) is 0. The highest BCUT2D eigenvalue weighted by Crippen LogP contribution is 2.42. The molecule has 178 valence electrons. The van der Waals surface area contributed by atoms with Gasteiger partial charge in [-0.2, -0.15) is 12.7 Å². The van der Waals surface area contributed by atoms with Crippen molar-refractivity contribution in [3.05, 3.63) is 59.2 Å². The Morgan fingerprint density at radius 3 is 2.61 bits per heavy atom. The third kappa shape index (κ3) is 4.75. The summed E-state index contributed by atoms with van der Waals surface area (Å²) in [6.07, 6.45) is 5.62. The summed E-state index contributed by atoms with van der Waals surface area (Å²) in [5.74, 6) is 7.72. The average Bonchev–Trinajstić information content (AvgIpc) is 3.44. The van der Waals surface area contributed by atoms with Crippen molar-refractivity contribution >= 4 is 15.9 Å². The number of fused-ring (bicyclic) bond motifs is 1. The van der Waals surface area contributed by atoms with E-state index in [1.165, 1.54) is 9.87 Å². The summed E-state index contributed by atoms with van der Waals surface area (Å²) in [7, 11) is -3.54. The Morgan fingerprint density at radius 2 is 1.85 bits per heavy atom. The fraction of sp³-hybridized carbons (Fsp3) is 0.520. The van der Waals surface area contributed by atoms with Crippen LogP contribution in [0.1, 0.15) is 55.3 Å². The van der Waals surface area contributed by atoms with Gasteiger partial charge >= 0.3 is 10.2 Å². The molecule has 0 amide bonds. The number of hydrogen-bond donors (Lipinski definition) is 2. The molecule has 2 saturated heterocycles. The van der Waals surface area contributed by atoms with Crippen molar-refractivity contribution in [3.8, 4) is 5.75 Å². The summed E-state index contributed by atoms with van der Waals surface area (Å²) in [6, 6.07) is 14.5. The monoisotopic (exact) mass is 470 g/mol. The van der Waals surface area contributed by atoms with E-state index in [2.05, 4.69) is 35.9 Å². The van der Waals surface area contributed by atoms with E-state index in [4.69, 9.17) is 10.6 Å². The molecule has 3 atom stereocenters. The lowest BCUT2D eigenvalue weighted by molar-refractivity contribution is 0.0921. The van der Waals surface area contributed by atoms with Gasteiger partial charge in [0.2, 0.25) is 0 Å². The molecule has 0 aromatic heterocycles. The van der Waals surface area contributed by atoms with Gasteiger partial charge in [0.1, 0.15) is 11.9 Å². The summed E-state index contributed by atoms with van der Waals surface area (Å²) in [5.41, 5.74) is 4.00. The number of nitrogens with zero attached hydrogens (tertiary/aromatic N) is 2. The topological polar surface area (TPSA) is 87.9 Å². The molecule has 3 heterocycles. The first-order valence-corrected chi connectivity index (χ1v) is 13.5. The lowest BCUT2D eigenvalue weighted by Gasteiger charge is -2.39. The molecular weight excluding hydrogens is 436 g/mol. The fourth-order valence-electron chi connectivity index (χ4n) is 5.68. The Balaban J connectivity index is 1.45. The van der Waals surface area contributed by atoms with Crippen molar-refractivity contribution in [2.45, 2.75) is 57.6 Å². The highest BCUT2D eigenvalue weighted by Gasteiger charge is 2.34. The predicted octanol–water partition coefficient (Wildman–Crippen LogP) is 3.63. The van der Waals surface area contributed by atoms with Gasteiger partial charge in [-0.05, 0) is 68.2 Å². The Labute approximate surface area is 197 Å². The molecule has 0 bridgehead atoms. The quantitative estimate of drug-likeness (QED) is 0.630. The van der Waals surface area contributed by atoms with Crippen LogP contribution < -0.4 is 15.3 Å². The molecule has 1 unspecified atom stereocenters. The van der Waals surface area contributed by atoms with Gasteiger partial charge in [-0.25, -0.2) is 5.01 Å². The first-order valence-electron chi connectivity index (χ1n) is 12.1. The van der Waals surface area contributed by atoms with Gasteiger partial charge in [0, 0.05) is 31.6 Å². The Hall–Kier alpha value is -2.13. The van der Waals surface area contributed by atoms with Gasteiger partial charge in [-0.1, -0.05) is 30.3 Å². The second-order valence-corrected chi connectivity index (χ2v) is 11.3. The van der Waals surface area contributed by atoms with Gasteiger partial charge in [0.25, 0.3) is 0 Å². The minimum absolute atomic E-state index is 0.0893. The third-order valence-electron chi connectivity index (χ3n) is 7.14. The van der Waals surface area contributed by atoms with E-state index >= 15 is 0 Å². The number of nitrogens with one attached hydrogen (secondary N) is 1. The van der Waals surface area contributed by atoms with Crippen LogP contribution in [0.5, 0.6) is 5.75 Å². The van der Waals surface area contributed by atoms with Crippen molar-refractivity contribution < 1.29 is 13.2 Å². The zero-order valence-corrected chi connectivity index (χ0v) is 20.1. The van der Waals surface area contributed by atoms with E-state index in [9.17, 15) is 8.42 Å². The molecule has 8 heteroatoms. The molecule has 0 radical (unpaired) electrons. The number of benzene rings is 2. The second-order valence-electron chi connectivity index (χ2n) is 9.67. The van der Waals surface area contributed by atoms with Crippen LogP contribution in [0.25, 0.3) is 0 Å². The minimum atomic E-state index is -3.54. The highest BCUT2D eigenvalue weighted by atomic mass is 32.2. The van der Waals surface area contributed by atoms with Crippen LogP contribution in [0.2, 0.25) is 0 Å². The van der Waals surface area contributed by atoms with Crippen LogP contribution >= 0.6 is 0 Å². The normalized spacial score (nSPS) is 26.2. The standard InChI is InChI=1S/C25H34N4O3S/c1-18-14-21-16-23(27-33(30,31)28-11-5-6-12-28)17-22(25(21)32-18)15-20-10-7-13-29(26)24(20)19-8-3-2-4-9-19/h2-4,8-9,16-18,20,24,27H,5-7,10-15,26H2,1H3/t18?,20-,24+/m0/s1. The molecule has 2 fully saturated rings. The number of rotatable bonds is 6. The van der Waals surface area contributed by atoms with Crippen molar-refractivity contribution in [2.24, 2.45) is 11.8 Å². The Morgan fingerprint density at radius 1 is 1.09 bits per heavy atom. The van der Waals surface area contributed by atoms with Gasteiger partial charge in [0.05, 0.1) is 11.7 Å². The molecule has 0 saturated carbocycles. The SMILES string of the molecule is CC1Cc2cc(NS(=O)(=O)N3CCCC3)cc(C[C@@H]3CCCN(N)[C@@H]3c3ccccc3)c2O1. The molecule has 3 aliphatic rings. The number of nitrogens with two attached hydrogens (primary N) is 1. The van der Waals surface area contributed by atoms with E-state index < -0.39 is 10.2 Å². The summed E-state index contributed by atoms with van der Waals surface area (Å²) in [5, 5.41) is 1.97. The van der Waals surface area contributed by atoms with Crippen LogP contribution in [0.4, 0.5) is 5.69 Å². The van der Waals surface area contributed by atoms with E-state index in [0.29, 0.717) is 24.7 Å². The highest BCUT2D eigenvalue weighted by molar-refractivity contribution is 7.90. The number of hydrogen-bond acceptors (Lipinski definition) is 5. The largest absolute Gasteiger partial charge is 0.490 e. The predicted molar refractivity (Wildman–Crippen MR) is 130 cm³/mol. The van der Waals surface area contributed by atoms with Crippen LogP contribution in [-0.4, -0.2) is 43.5 Å². The Kier molecular flexibility index (Phi) is 6.35. The van der Waals surface area contributed by atoms with E-state index in [0.717, 1.165) is 61.9 Å².